The Kier molecular flexibility index (Phi) is 6.05. The van der Waals surface area contributed by atoms with Crippen molar-refractivity contribution in [1.29, 1.82) is 0 Å². The van der Waals surface area contributed by atoms with Gasteiger partial charge in [0, 0.05) is 12.2 Å². The number of nitrogens with one attached hydrogen (secondary N) is 1. The third-order valence-electron chi connectivity index (χ3n) is 3.05. The molecule has 0 aliphatic carbocycles. The molecule has 1 aromatic heterocycles. The van der Waals surface area contributed by atoms with Gasteiger partial charge < -0.3 is 14.6 Å². The fourth-order valence-corrected chi connectivity index (χ4v) is 2.15. The maximum absolute atomic E-state index is 11.7. The van der Waals surface area contributed by atoms with Crippen LogP contribution in [0.2, 0.25) is 0 Å². The quantitative estimate of drug-likeness (QED) is 0.865. The van der Waals surface area contributed by atoms with Gasteiger partial charge in [0.25, 0.3) is 0 Å². The molecule has 1 atom stereocenters. The summed E-state index contributed by atoms with van der Waals surface area (Å²) in [6.07, 6.45) is 6.56. The fourth-order valence-electron chi connectivity index (χ4n) is 2.15. The Labute approximate surface area is 121 Å². The molecule has 0 radical (unpaired) electrons. The lowest BCUT2D eigenvalue weighted by Gasteiger charge is -2.21. The van der Waals surface area contributed by atoms with Gasteiger partial charge in [-0.05, 0) is 33.6 Å². The van der Waals surface area contributed by atoms with Crippen molar-refractivity contribution in [2.45, 2.75) is 72.1 Å². The molecule has 0 aliphatic heterocycles. The van der Waals surface area contributed by atoms with E-state index in [-0.39, 0.29) is 0 Å². The summed E-state index contributed by atoms with van der Waals surface area (Å²) in [6, 6.07) is 0.443. The van der Waals surface area contributed by atoms with Crippen LogP contribution in [-0.2, 0) is 11.3 Å². The van der Waals surface area contributed by atoms with Crippen molar-refractivity contribution in [2.75, 3.05) is 0 Å². The van der Waals surface area contributed by atoms with Crippen molar-refractivity contribution in [2.24, 2.45) is 0 Å². The normalized spacial score (nSPS) is 13.1. The van der Waals surface area contributed by atoms with Gasteiger partial charge in [0.05, 0.1) is 18.6 Å². The zero-order chi connectivity index (χ0) is 15.2. The van der Waals surface area contributed by atoms with Gasteiger partial charge in [-0.15, -0.1) is 0 Å². The van der Waals surface area contributed by atoms with E-state index in [9.17, 15) is 4.79 Å². The van der Waals surface area contributed by atoms with E-state index < -0.39 is 11.7 Å². The first kappa shape index (κ1) is 16.5. The molecule has 0 bridgehead atoms. The highest BCUT2D eigenvalue weighted by Crippen LogP contribution is 2.19. The highest BCUT2D eigenvalue weighted by molar-refractivity contribution is 5.67. The number of amides is 1. The number of carbonyl (C=O) groups is 1. The van der Waals surface area contributed by atoms with E-state index in [4.69, 9.17) is 4.74 Å². The van der Waals surface area contributed by atoms with Gasteiger partial charge in [-0.2, -0.15) is 0 Å². The second kappa shape index (κ2) is 7.31. The Morgan fingerprint density at radius 2 is 2.15 bits per heavy atom. The van der Waals surface area contributed by atoms with Crippen LogP contribution < -0.4 is 5.32 Å². The Hall–Kier alpha value is -1.52. The Morgan fingerprint density at radius 1 is 1.45 bits per heavy atom. The highest BCUT2D eigenvalue weighted by Gasteiger charge is 2.17. The summed E-state index contributed by atoms with van der Waals surface area (Å²) in [5.74, 6) is 0. The standard InChI is InChI=1S/C15H27N3O2/c1-6-8-12(7-2)18-11-16-9-13(18)10-17-14(19)20-15(3,4)5/h9,11-12H,6-8,10H2,1-5H3,(H,17,19). The van der Waals surface area contributed by atoms with E-state index in [0.717, 1.165) is 25.0 Å². The predicted molar refractivity (Wildman–Crippen MR) is 79.5 cm³/mol. The van der Waals surface area contributed by atoms with Crippen LogP contribution in [0.25, 0.3) is 0 Å². The lowest BCUT2D eigenvalue weighted by molar-refractivity contribution is 0.0522. The van der Waals surface area contributed by atoms with Gasteiger partial charge in [-0.3, -0.25) is 0 Å². The number of hydrogen-bond acceptors (Lipinski definition) is 3. The molecule has 0 saturated heterocycles. The van der Waals surface area contributed by atoms with E-state index in [0.29, 0.717) is 12.6 Å². The maximum Gasteiger partial charge on any atom is 0.407 e. The van der Waals surface area contributed by atoms with Crippen molar-refractivity contribution in [3.63, 3.8) is 0 Å². The van der Waals surface area contributed by atoms with Crippen LogP contribution in [0.5, 0.6) is 0 Å². The van der Waals surface area contributed by atoms with Crippen LogP contribution >= 0.6 is 0 Å². The molecule has 1 heterocycles. The van der Waals surface area contributed by atoms with Gasteiger partial charge in [0.1, 0.15) is 5.60 Å². The average molecular weight is 281 g/mol. The lowest BCUT2D eigenvalue weighted by atomic mass is 10.1. The zero-order valence-electron chi connectivity index (χ0n) is 13.3. The second-order valence-corrected chi connectivity index (χ2v) is 6.00. The molecular weight excluding hydrogens is 254 g/mol. The van der Waals surface area contributed by atoms with Crippen molar-refractivity contribution < 1.29 is 9.53 Å². The molecule has 1 N–H and O–H groups in total. The van der Waals surface area contributed by atoms with Crippen LogP contribution in [0, 0.1) is 0 Å². The SMILES string of the molecule is CCCC(CC)n1cncc1CNC(=O)OC(C)(C)C. The minimum Gasteiger partial charge on any atom is -0.444 e. The molecule has 0 saturated carbocycles. The number of rotatable bonds is 6. The molecular formula is C15H27N3O2. The zero-order valence-corrected chi connectivity index (χ0v) is 13.3. The average Bonchev–Trinajstić information content (AvgIpc) is 2.79. The van der Waals surface area contributed by atoms with Gasteiger partial charge in [-0.25, -0.2) is 9.78 Å². The molecule has 0 fully saturated rings. The van der Waals surface area contributed by atoms with Crippen molar-refractivity contribution in [3.05, 3.63) is 18.2 Å². The van der Waals surface area contributed by atoms with Gasteiger partial charge in [-0.1, -0.05) is 20.3 Å². The second-order valence-electron chi connectivity index (χ2n) is 6.00. The van der Waals surface area contributed by atoms with Crippen LogP contribution in [0.15, 0.2) is 12.5 Å². The molecule has 0 aliphatic rings. The number of imidazole rings is 1. The van der Waals surface area contributed by atoms with Crippen molar-refractivity contribution in [3.8, 4) is 0 Å². The van der Waals surface area contributed by atoms with Gasteiger partial charge in [0.15, 0.2) is 0 Å². The van der Waals surface area contributed by atoms with Crippen molar-refractivity contribution in [1.82, 2.24) is 14.9 Å². The van der Waals surface area contributed by atoms with Crippen LogP contribution in [-0.4, -0.2) is 21.2 Å². The molecule has 0 aromatic carbocycles. The number of aromatic nitrogens is 2. The van der Waals surface area contributed by atoms with E-state index in [1.54, 1.807) is 6.20 Å². The van der Waals surface area contributed by atoms with E-state index in [1.165, 1.54) is 0 Å². The monoisotopic (exact) mass is 281 g/mol. The summed E-state index contributed by atoms with van der Waals surface area (Å²) < 4.78 is 7.38. The summed E-state index contributed by atoms with van der Waals surface area (Å²) in [4.78, 5) is 15.9. The summed E-state index contributed by atoms with van der Waals surface area (Å²) in [7, 11) is 0. The predicted octanol–water partition coefficient (Wildman–Crippen LogP) is 3.66. The number of carbonyl (C=O) groups excluding carboxylic acids is 1. The van der Waals surface area contributed by atoms with E-state index in [1.807, 2.05) is 27.1 Å². The molecule has 1 amide bonds. The molecule has 20 heavy (non-hydrogen) atoms. The third kappa shape index (κ3) is 5.23. The third-order valence-corrected chi connectivity index (χ3v) is 3.05. The molecule has 1 aromatic rings. The summed E-state index contributed by atoms with van der Waals surface area (Å²) in [6.45, 7) is 10.3. The number of ether oxygens (including phenoxy) is 1. The van der Waals surface area contributed by atoms with Crippen LogP contribution in [0.1, 0.15) is 65.6 Å². The van der Waals surface area contributed by atoms with Crippen LogP contribution in [0.4, 0.5) is 4.79 Å². The molecule has 5 nitrogen and oxygen atoms in total. The lowest BCUT2D eigenvalue weighted by Crippen LogP contribution is -2.32. The van der Waals surface area contributed by atoms with Gasteiger partial charge >= 0.3 is 6.09 Å². The topological polar surface area (TPSA) is 56.2 Å². The summed E-state index contributed by atoms with van der Waals surface area (Å²) >= 11 is 0. The maximum atomic E-state index is 11.7. The first-order chi connectivity index (χ1) is 9.37. The van der Waals surface area contributed by atoms with E-state index >= 15 is 0 Å². The first-order valence-electron chi connectivity index (χ1n) is 7.35. The first-order valence-corrected chi connectivity index (χ1v) is 7.35. The van der Waals surface area contributed by atoms with E-state index in [2.05, 4.69) is 28.7 Å². The van der Waals surface area contributed by atoms with Crippen molar-refractivity contribution >= 4 is 6.09 Å². The minimum atomic E-state index is -0.474. The smallest absolute Gasteiger partial charge is 0.407 e. The summed E-state index contributed by atoms with van der Waals surface area (Å²) in [5.41, 5.74) is 0.537. The minimum absolute atomic E-state index is 0.395. The highest BCUT2D eigenvalue weighted by atomic mass is 16.6. The van der Waals surface area contributed by atoms with Crippen LogP contribution in [0.3, 0.4) is 0 Å². The Bertz CT molecular complexity index is 421. The number of hydrogen-bond donors (Lipinski definition) is 1. The Balaban J connectivity index is 2.61. The molecule has 1 unspecified atom stereocenters. The number of alkyl carbamates (subject to hydrolysis) is 1. The Morgan fingerprint density at radius 3 is 2.70 bits per heavy atom. The largest absolute Gasteiger partial charge is 0.444 e. The summed E-state index contributed by atoms with van der Waals surface area (Å²) in [5, 5.41) is 2.78. The fraction of sp³-hybridized carbons (Fsp3) is 0.733. The molecule has 114 valence electrons. The number of nitrogens with zero attached hydrogens (tertiary/aromatic N) is 2. The molecule has 1 rings (SSSR count). The molecule has 0 spiro atoms. The van der Waals surface area contributed by atoms with Gasteiger partial charge in [0.2, 0.25) is 0 Å². The molecule has 5 heteroatoms.